The van der Waals surface area contributed by atoms with Crippen molar-refractivity contribution < 1.29 is 4.79 Å². The molecule has 0 aliphatic rings. The molecule has 0 bridgehead atoms. The quantitative estimate of drug-likeness (QED) is 0.676. The Hall–Kier alpha value is 0.0200. The second kappa shape index (κ2) is 5.69. The second-order valence-electron chi connectivity index (χ2n) is 4.55. The first-order valence-electron chi connectivity index (χ1n) is 5.02. The molecule has 0 rings (SSSR count). The van der Waals surface area contributed by atoms with Crippen LogP contribution in [0.1, 0.15) is 53.9 Å². The topological polar surface area (TPSA) is 17.1 Å². The van der Waals surface area contributed by atoms with Crippen LogP contribution in [0.2, 0.25) is 0 Å². The van der Waals surface area contributed by atoms with Crippen molar-refractivity contribution in [3.63, 3.8) is 0 Å². The van der Waals surface area contributed by atoms with Gasteiger partial charge in [0.1, 0.15) is 5.78 Å². The average Bonchev–Trinajstić information content (AvgIpc) is 1.81. The Kier molecular flexibility index (Phi) is 5.70. The Morgan fingerprint density at radius 1 is 1.38 bits per heavy atom. The summed E-state index contributed by atoms with van der Waals surface area (Å²) < 4.78 is 0.273. The SMILES string of the molecule is CCC[C@H](CC(C)=O)SC(C)(C)C. The molecule has 0 amide bonds. The van der Waals surface area contributed by atoms with Crippen LogP contribution in [0.25, 0.3) is 0 Å². The van der Waals surface area contributed by atoms with E-state index in [2.05, 4.69) is 27.7 Å². The Morgan fingerprint density at radius 2 is 1.92 bits per heavy atom. The van der Waals surface area contributed by atoms with Gasteiger partial charge in [-0.2, -0.15) is 11.8 Å². The maximum Gasteiger partial charge on any atom is 0.130 e. The normalized spacial score (nSPS) is 14.2. The van der Waals surface area contributed by atoms with Crippen LogP contribution in [-0.2, 0) is 4.79 Å². The van der Waals surface area contributed by atoms with Gasteiger partial charge in [0.05, 0.1) is 0 Å². The van der Waals surface area contributed by atoms with E-state index < -0.39 is 0 Å². The Morgan fingerprint density at radius 3 is 2.23 bits per heavy atom. The summed E-state index contributed by atoms with van der Waals surface area (Å²) in [6.07, 6.45) is 3.05. The van der Waals surface area contributed by atoms with E-state index in [0.29, 0.717) is 11.0 Å². The van der Waals surface area contributed by atoms with Gasteiger partial charge in [0, 0.05) is 16.4 Å². The third kappa shape index (κ3) is 8.35. The van der Waals surface area contributed by atoms with Crippen LogP contribution < -0.4 is 0 Å². The van der Waals surface area contributed by atoms with Crippen molar-refractivity contribution in [3.8, 4) is 0 Å². The number of carbonyl (C=O) groups excluding carboxylic acids is 1. The van der Waals surface area contributed by atoms with Gasteiger partial charge in [0.2, 0.25) is 0 Å². The maximum absolute atomic E-state index is 11.0. The van der Waals surface area contributed by atoms with Crippen LogP contribution in [0, 0.1) is 0 Å². The van der Waals surface area contributed by atoms with Gasteiger partial charge < -0.3 is 0 Å². The lowest BCUT2D eigenvalue weighted by molar-refractivity contribution is -0.117. The van der Waals surface area contributed by atoms with Crippen LogP contribution in [0.5, 0.6) is 0 Å². The van der Waals surface area contributed by atoms with E-state index in [1.54, 1.807) is 6.92 Å². The number of thioether (sulfide) groups is 1. The van der Waals surface area contributed by atoms with E-state index in [0.717, 1.165) is 12.8 Å². The van der Waals surface area contributed by atoms with Crippen LogP contribution in [0.15, 0.2) is 0 Å². The molecule has 0 fully saturated rings. The summed E-state index contributed by atoms with van der Waals surface area (Å²) in [7, 11) is 0. The highest BCUT2D eigenvalue weighted by Gasteiger charge is 2.19. The van der Waals surface area contributed by atoms with E-state index >= 15 is 0 Å². The van der Waals surface area contributed by atoms with Crippen molar-refractivity contribution in [2.24, 2.45) is 0 Å². The monoisotopic (exact) mass is 202 g/mol. The van der Waals surface area contributed by atoms with Crippen molar-refractivity contribution in [2.75, 3.05) is 0 Å². The largest absolute Gasteiger partial charge is 0.300 e. The van der Waals surface area contributed by atoms with E-state index in [1.807, 2.05) is 11.8 Å². The Balaban J connectivity index is 4.01. The summed E-state index contributed by atoms with van der Waals surface area (Å²) in [6.45, 7) is 10.5. The minimum Gasteiger partial charge on any atom is -0.300 e. The third-order valence-corrected chi connectivity index (χ3v) is 3.09. The molecule has 0 aromatic heterocycles. The van der Waals surface area contributed by atoms with Gasteiger partial charge >= 0.3 is 0 Å². The molecule has 0 spiro atoms. The lowest BCUT2D eigenvalue weighted by Gasteiger charge is -2.24. The summed E-state index contributed by atoms with van der Waals surface area (Å²) >= 11 is 1.93. The highest BCUT2D eigenvalue weighted by molar-refractivity contribution is 8.01. The maximum atomic E-state index is 11.0. The smallest absolute Gasteiger partial charge is 0.130 e. The molecule has 0 unspecified atom stereocenters. The first kappa shape index (κ1) is 13.0. The third-order valence-electron chi connectivity index (χ3n) is 1.65. The number of carbonyl (C=O) groups is 1. The van der Waals surface area contributed by atoms with E-state index in [1.165, 1.54) is 6.42 Å². The summed E-state index contributed by atoms with van der Waals surface area (Å²) in [5.74, 6) is 0.315. The average molecular weight is 202 g/mol. The molecule has 0 aliphatic carbocycles. The Labute approximate surface area is 86.7 Å². The molecule has 1 atom stereocenters. The Bertz CT molecular complexity index is 158. The molecule has 0 saturated carbocycles. The molecule has 0 aliphatic heterocycles. The number of rotatable bonds is 5. The molecule has 0 aromatic rings. The van der Waals surface area contributed by atoms with Gasteiger partial charge in [-0.15, -0.1) is 0 Å². The predicted octanol–water partition coefficient (Wildman–Crippen LogP) is 3.67. The standard InChI is InChI=1S/C11H22OS/c1-6-7-10(8-9(2)12)13-11(3,4)5/h10H,6-8H2,1-5H3/t10-/m1/s1. The molecule has 0 N–H and O–H groups in total. The lowest BCUT2D eigenvalue weighted by atomic mass is 10.1. The highest BCUT2D eigenvalue weighted by Crippen LogP contribution is 2.32. The van der Waals surface area contributed by atoms with Gasteiger partial charge in [-0.3, -0.25) is 4.79 Å². The van der Waals surface area contributed by atoms with Crippen LogP contribution in [0.4, 0.5) is 0 Å². The number of Topliss-reactive ketones (excluding diaryl/α,β-unsaturated/α-hetero) is 1. The second-order valence-corrected chi connectivity index (χ2v) is 6.67. The first-order valence-corrected chi connectivity index (χ1v) is 5.90. The fourth-order valence-electron chi connectivity index (χ4n) is 1.35. The summed E-state index contributed by atoms with van der Waals surface area (Å²) in [4.78, 5) is 11.0. The van der Waals surface area contributed by atoms with Gasteiger partial charge in [0.25, 0.3) is 0 Å². The number of hydrogen-bond acceptors (Lipinski definition) is 2. The first-order chi connectivity index (χ1) is 5.85. The molecule has 1 nitrogen and oxygen atoms in total. The molecule has 0 aromatic carbocycles. The molecule has 2 heteroatoms. The number of hydrogen-bond donors (Lipinski definition) is 0. The van der Waals surface area contributed by atoms with Gasteiger partial charge in [0.15, 0.2) is 0 Å². The predicted molar refractivity (Wildman–Crippen MR) is 61.3 cm³/mol. The molecular formula is C11H22OS. The zero-order chi connectivity index (χ0) is 10.5. The molecule has 0 heterocycles. The molecule has 78 valence electrons. The van der Waals surface area contributed by atoms with E-state index in [-0.39, 0.29) is 4.75 Å². The van der Waals surface area contributed by atoms with Crippen LogP contribution >= 0.6 is 11.8 Å². The summed E-state index contributed by atoms with van der Waals surface area (Å²) in [5.41, 5.74) is 0. The van der Waals surface area contributed by atoms with Crippen LogP contribution in [0.3, 0.4) is 0 Å². The van der Waals surface area contributed by atoms with Gasteiger partial charge in [-0.05, 0) is 13.3 Å². The van der Waals surface area contributed by atoms with Crippen molar-refractivity contribution in [3.05, 3.63) is 0 Å². The van der Waals surface area contributed by atoms with E-state index in [4.69, 9.17) is 0 Å². The van der Waals surface area contributed by atoms with Crippen molar-refractivity contribution in [1.82, 2.24) is 0 Å². The minimum atomic E-state index is 0.273. The van der Waals surface area contributed by atoms with Crippen molar-refractivity contribution in [2.45, 2.75) is 63.9 Å². The fraction of sp³-hybridized carbons (Fsp3) is 0.909. The van der Waals surface area contributed by atoms with Gasteiger partial charge in [-0.25, -0.2) is 0 Å². The van der Waals surface area contributed by atoms with Gasteiger partial charge in [-0.1, -0.05) is 34.1 Å². The zero-order valence-corrected chi connectivity index (χ0v) is 10.3. The molecule has 0 saturated heterocycles. The fourth-order valence-corrected chi connectivity index (χ4v) is 3.02. The molecule has 0 radical (unpaired) electrons. The zero-order valence-electron chi connectivity index (χ0n) is 9.52. The van der Waals surface area contributed by atoms with Crippen molar-refractivity contribution >= 4 is 17.5 Å². The molecular weight excluding hydrogens is 180 g/mol. The van der Waals surface area contributed by atoms with E-state index in [9.17, 15) is 4.79 Å². The minimum absolute atomic E-state index is 0.273. The summed E-state index contributed by atoms with van der Waals surface area (Å²) in [6, 6.07) is 0. The van der Waals surface area contributed by atoms with Crippen molar-refractivity contribution in [1.29, 1.82) is 0 Å². The van der Waals surface area contributed by atoms with Crippen LogP contribution in [-0.4, -0.2) is 15.8 Å². The lowest BCUT2D eigenvalue weighted by Crippen LogP contribution is -2.17. The summed E-state index contributed by atoms with van der Waals surface area (Å²) in [5, 5.41) is 0.516. The number of ketones is 1. The highest BCUT2D eigenvalue weighted by atomic mass is 32.2. The molecule has 13 heavy (non-hydrogen) atoms.